The number of carbonyl (C=O) groups excluding carboxylic acids is 2. The van der Waals surface area contributed by atoms with E-state index in [0.29, 0.717) is 13.1 Å². The maximum absolute atomic E-state index is 13.1. The minimum atomic E-state index is -0.669. The minimum Gasteiger partial charge on any atom is -0.368 e. The van der Waals surface area contributed by atoms with Crippen molar-refractivity contribution in [2.75, 3.05) is 66.0 Å². The van der Waals surface area contributed by atoms with Crippen LogP contribution in [0.1, 0.15) is 33.1 Å². The Morgan fingerprint density at radius 1 is 1.08 bits per heavy atom. The second-order valence-corrected chi connectivity index (χ2v) is 6.94. The Morgan fingerprint density at radius 3 is 2.36 bits per heavy atom. The van der Waals surface area contributed by atoms with Crippen LogP contribution in [0.3, 0.4) is 0 Å². The maximum atomic E-state index is 13.1. The highest BCUT2D eigenvalue weighted by Crippen LogP contribution is 2.25. The number of carbonyl (C=O) groups is 2. The van der Waals surface area contributed by atoms with Crippen molar-refractivity contribution in [3.63, 3.8) is 0 Å². The summed E-state index contributed by atoms with van der Waals surface area (Å²) in [5.41, 5.74) is -0.669. The zero-order chi connectivity index (χ0) is 18.3. The van der Waals surface area contributed by atoms with Crippen molar-refractivity contribution in [2.24, 2.45) is 0 Å². The van der Waals surface area contributed by atoms with E-state index < -0.39 is 5.60 Å². The van der Waals surface area contributed by atoms with Gasteiger partial charge in [0, 0.05) is 46.4 Å². The molecule has 2 aliphatic rings. The first kappa shape index (κ1) is 20.1. The van der Waals surface area contributed by atoms with Gasteiger partial charge in [0.2, 0.25) is 5.91 Å². The van der Waals surface area contributed by atoms with Crippen LogP contribution in [0.25, 0.3) is 0 Å². The third kappa shape index (κ3) is 4.92. The Bertz CT molecular complexity index is 448. The summed E-state index contributed by atoms with van der Waals surface area (Å²) in [7, 11) is 1.65. The molecule has 7 nitrogen and oxygen atoms in total. The molecule has 0 unspecified atom stereocenters. The van der Waals surface area contributed by atoms with Crippen LogP contribution < -0.4 is 5.32 Å². The van der Waals surface area contributed by atoms with E-state index in [1.165, 1.54) is 0 Å². The minimum absolute atomic E-state index is 0.119. The summed E-state index contributed by atoms with van der Waals surface area (Å²) in [4.78, 5) is 31.4. The molecule has 0 aliphatic carbocycles. The molecule has 2 heterocycles. The van der Waals surface area contributed by atoms with Gasteiger partial charge in [-0.25, -0.2) is 0 Å². The molecule has 0 atom stereocenters. The van der Waals surface area contributed by atoms with E-state index in [1.807, 2.05) is 23.6 Å². The molecule has 7 heteroatoms. The summed E-state index contributed by atoms with van der Waals surface area (Å²) in [5, 5.41) is 3.29. The fourth-order valence-corrected chi connectivity index (χ4v) is 3.82. The average molecular weight is 354 g/mol. The molecule has 0 radical (unpaired) electrons. The highest BCUT2D eigenvalue weighted by Gasteiger charge is 2.42. The van der Waals surface area contributed by atoms with Gasteiger partial charge in [-0.2, -0.15) is 0 Å². The van der Waals surface area contributed by atoms with Crippen LogP contribution in [-0.2, 0) is 14.3 Å². The number of hydrogen-bond acceptors (Lipinski definition) is 5. The third-order valence-corrected chi connectivity index (χ3v) is 5.54. The van der Waals surface area contributed by atoms with Crippen LogP contribution in [-0.4, -0.2) is 98.1 Å². The first-order valence-electron chi connectivity index (χ1n) is 9.61. The summed E-state index contributed by atoms with van der Waals surface area (Å²) in [6, 6.07) is 0. The Balaban J connectivity index is 1.92. The number of likely N-dealkylation sites (N-methyl/N-ethyl adjacent to an activating group) is 1. The summed E-state index contributed by atoms with van der Waals surface area (Å²) in [6.07, 6.45) is 2.35. The molecule has 2 amide bonds. The number of nitrogens with zero attached hydrogens (tertiary/aromatic N) is 3. The SMILES string of the molecule is CCN(CC)C(=O)CN1CCCN(C(=O)C2(OC)CCNCC2)CC1. The summed E-state index contributed by atoms with van der Waals surface area (Å²) in [5.74, 6) is 0.296. The van der Waals surface area contributed by atoms with Gasteiger partial charge in [-0.15, -0.1) is 0 Å². The molecule has 0 aromatic carbocycles. The maximum Gasteiger partial charge on any atom is 0.254 e. The van der Waals surface area contributed by atoms with E-state index in [0.717, 1.165) is 65.1 Å². The molecule has 0 bridgehead atoms. The quantitative estimate of drug-likeness (QED) is 0.736. The van der Waals surface area contributed by atoms with Crippen LogP contribution in [0.15, 0.2) is 0 Å². The van der Waals surface area contributed by atoms with Gasteiger partial charge in [0.15, 0.2) is 0 Å². The van der Waals surface area contributed by atoms with Crippen molar-refractivity contribution in [1.82, 2.24) is 20.0 Å². The lowest BCUT2D eigenvalue weighted by atomic mass is 9.90. The van der Waals surface area contributed by atoms with Crippen molar-refractivity contribution in [3.8, 4) is 0 Å². The van der Waals surface area contributed by atoms with Crippen molar-refractivity contribution < 1.29 is 14.3 Å². The number of ether oxygens (including phenoxy) is 1. The molecule has 0 aromatic rings. The van der Waals surface area contributed by atoms with Crippen LogP contribution in [0.5, 0.6) is 0 Å². The van der Waals surface area contributed by atoms with Gasteiger partial charge in [0.1, 0.15) is 5.60 Å². The van der Waals surface area contributed by atoms with Gasteiger partial charge in [0.25, 0.3) is 5.91 Å². The predicted octanol–water partition coefficient (Wildman–Crippen LogP) is 0.158. The molecule has 0 saturated carbocycles. The van der Waals surface area contributed by atoms with E-state index in [9.17, 15) is 9.59 Å². The van der Waals surface area contributed by atoms with Crippen LogP contribution in [0.2, 0.25) is 0 Å². The zero-order valence-corrected chi connectivity index (χ0v) is 16.1. The summed E-state index contributed by atoms with van der Waals surface area (Å²) in [6.45, 7) is 10.6. The third-order valence-electron chi connectivity index (χ3n) is 5.54. The lowest BCUT2D eigenvalue weighted by Gasteiger charge is -2.38. The average Bonchev–Trinajstić information content (AvgIpc) is 2.88. The molecular formula is C18H34N4O3. The second-order valence-electron chi connectivity index (χ2n) is 6.94. The highest BCUT2D eigenvalue weighted by molar-refractivity contribution is 5.85. The largest absolute Gasteiger partial charge is 0.368 e. The van der Waals surface area contributed by atoms with Crippen molar-refractivity contribution in [1.29, 1.82) is 0 Å². The Hall–Kier alpha value is -1.18. The fourth-order valence-electron chi connectivity index (χ4n) is 3.82. The lowest BCUT2D eigenvalue weighted by Crippen LogP contribution is -2.56. The van der Waals surface area contributed by atoms with Crippen molar-refractivity contribution in [2.45, 2.75) is 38.7 Å². The monoisotopic (exact) mass is 354 g/mol. The molecule has 1 N–H and O–H groups in total. The molecule has 2 rings (SSSR count). The van der Waals surface area contributed by atoms with Crippen LogP contribution in [0, 0.1) is 0 Å². The normalized spacial score (nSPS) is 21.6. The molecule has 0 aromatic heterocycles. The summed E-state index contributed by atoms with van der Waals surface area (Å²) >= 11 is 0. The van der Waals surface area contributed by atoms with E-state index in [1.54, 1.807) is 7.11 Å². The van der Waals surface area contributed by atoms with E-state index in [4.69, 9.17) is 4.74 Å². The van der Waals surface area contributed by atoms with Gasteiger partial charge in [-0.3, -0.25) is 14.5 Å². The van der Waals surface area contributed by atoms with E-state index in [2.05, 4.69) is 10.2 Å². The number of amides is 2. The topological polar surface area (TPSA) is 65.1 Å². The zero-order valence-electron chi connectivity index (χ0n) is 16.1. The highest BCUT2D eigenvalue weighted by atomic mass is 16.5. The van der Waals surface area contributed by atoms with Crippen LogP contribution >= 0.6 is 0 Å². The molecule has 0 spiro atoms. The number of methoxy groups -OCH3 is 1. The molecule has 25 heavy (non-hydrogen) atoms. The van der Waals surface area contributed by atoms with Crippen molar-refractivity contribution in [3.05, 3.63) is 0 Å². The standard InChI is InChI=1S/C18H34N4O3/c1-4-21(5-2)16(23)15-20-11-6-12-22(14-13-20)17(24)18(25-3)7-9-19-10-8-18/h19H,4-15H2,1-3H3. The fraction of sp³-hybridized carbons (Fsp3) is 0.889. The number of nitrogens with one attached hydrogen (secondary N) is 1. The number of rotatable bonds is 6. The Morgan fingerprint density at radius 2 is 1.76 bits per heavy atom. The number of hydrogen-bond donors (Lipinski definition) is 1. The smallest absolute Gasteiger partial charge is 0.254 e. The first-order chi connectivity index (χ1) is 12.1. The molecule has 2 fully saturated rings. The van der Waals surface area contributed by atoms with Gasteiger partial charge < -0.3 is 19.9 Å². The molecule has 2 aliphatic heterocycles. The Kier molecular flexibility index (Phi) is 7.65. The van der Waals surface area contributed by atoms with E-state index in [-0.39, 0.29) is 11.8 Å². The van der Waals surface area contributed by atoms with Gasteiger partial charge in [-0.1, -0.05) is 0 Å². The van der Waals surface area contributed by atoms with Gasteiger partial charge in [-0.05, 0) is 46.2 Å². The molecule has 2 saturated heterocycles. The van der Waals surface area contributed by atoms with Crippen molar-refractivity contribution >= 4 is 11.8 Å². The van der Waals surface area contributed by atoms with Gasteiger partial charge in [0.05, 0.1) is 6.54 Å². The molecule has 144 valence electrons. The summed E-state index contributed by atoms with van der Waals surface area (Å²) < 4.78 is 5.68. The van der Waals surface area contributed by atoms with Crippen LogP contribution in [0.4, 0.5) is 0 Å². The predicted molar refractivity (Wildman–Crippen MR) is 97.4 cm³/mol. The first-order valence-corrected chi connectivity index (χ1v) is 9.61. The lowest BCUT2D eigenvalue weighted by molar-refractivity contribution is -0.158. The number of piperidine rings is 1. The molecular weight excluding hydrogens is 320 g/mol. The second kappa shape index (κ2) is 9.50. The van der Waals surface area contributed by atoms with Gasteiger partial charge >= 0.3 is 0 Å². The van der Waals surface area contributed by atoms with E-state index >= 15 is 0 Å². The Labute approximate surface area is 151 Å².